The molecule has 0 spiro atoms. The fourth-order valence-corrected chi connectivity index (χ4v) is 3.40. The van der Waals surface area contributed by atoms with Gasteiger partial charge in [-0.05, 0) is 54.4 Å². The molecule has 1 N–H and O–H groups in total. The number of carbonyl (C=O) groups is 3. The Hall–Kier alpha value is -4.33. The zero-order valence-electron chi connectivity index (χ0n) is 18.5. The topological polar surface area (TPSA) is 100 Å². The molecule has 34 heavy (non-hydrogen) atoms. The number of hydrogen-bond donors (Lipinski definition) is 1. The van der Waals surface area contributed by atoms with E-state index in [1.165, 1.54) is 6.07 Å². The summed E-state index contributed by atoms with van der Waals surface area (Å²) in [6.07, 6.45) is 0.769. The van der Waals surface area contributed by atoms with E-state index >= 15 is 0 Å². The molecule has 0 aromatic heterocycles. The number of para-hydroxylation sites is 1. The predicted octanol–water partition coefficient (Wildman–Crippen LogP) is 4.03. The van der Waals surface area contributed by atoms with Gasteiger partial charge in [-0.25, -0.2) is 4.79 Å². The van der Waals surface area contributed by atoms with E-state index in [4.69, 9.17) is 18.9 Å². The first kappa shape index (κ1) is 22.8. The van der Waals surface area contributed by atoms with E-state index in [-0.39, 0.29) is 30.5 Å². The highest BCUT2D eigenvalue weighted by atomic mass is 16.7. The van der Waals surface area contributed by atoms with Gasteiger partial charge in [0, 0.05) is 12.0 Å². The summed E-state index contributed by atoms with van der Waals surface area (Å²) in [5.74, 6) is 0.447. The van der Waals surface area contributed by atoms with Crippen molar-refractivity contribution in [3.8, 4) is 17.2 Å². The van der Waals surface area contributed by atoms with Crippen molar-refractivity contribution < 1.29 is 33.3 Å². The molecule has 3 aromatic rings. The van der Waals surface area contributed by atoms with E-state index in [0.717, 1.165) is 11.3 Å². The number of esters is 1. The monoisotopic (exact) mass is 461 g/mol. The third kappa shape index (κ3) is 5.53. The number of carbonyl (C=O) groups excluding carboxylic acids is 3. The van der Waals surface area contributed by atoms with Gasteiger partial charge in [0.1, 0.15) is 5.75 Å². The van der Waals surface area contributed by atoms with Crippen molar-refractivity contribution in [1.82, 2.24) is 0 Å². The minimum absolute atomic E-state index is 0.102. The largest absolute Gasteiger partial charge is 0.497 e. The van der Waals surface area contributed by atoms with Crippen LogP contribution in [0.15, 0.2) is 66.7 Å². The Labute approximate surface area is 196 Å². The van der Waals surface area contributed by atoms with Gasteiger partial charge in [0.2, 0.25) is 12.7 Å². The Morgan fingerprint density at radius 1 is 0.941 bits per heavy atom. The molecule has 1 amide bonds. The van der Waals surface area contributed by atoms with Gasteiger partial charge in [0.15, 0.2) is 23.9 Å². The average Bonchev–Trinajstić information content (AvgIpc) is 3.34. The molecule has 1 heterocycles. The molecule has 1 aliphatic heterocycles. The zero-order valence-corrected chi connectivity index (χ0v) is 18.5. The number of ketones is 1. The van der Waals surface area contributed by atoms with Crippen LogP contribution >= 0.6 is 0 Å². The van der Waals surface area contributed by atoms with Gasteiger partial charge >= 0.3 is 5.97 Å². The number of aryl methyl sites for hydroxylation is 1. The quantitative estimate of drug-likeness (QED) is 0.379. The molecule has 1 aliphatic rings. The maximum absolute atomic E-state index is 12.6. The first-order valence-corrected chi connectivity index (χ1v) is 10.7. The Kier molecular flexibility index (Phi) is 7.07. The van der Waals surface area contributed by atoms with Crippen LogP contribution in [0.2, 0.25) is 0 Å². The summed E-state index contributed by atoms with van der Waals surface area (Å²) in [6.45, 7) is -0.344. The van der Waals surface area contributed by atoms with Crippen LogP contribution in [-0.2, 0) is 16.0 Å². The van der Waals surface area contributed by atoms with Gasteiger partial charge in [0.05, 0.1) is 18.4 Å². The number of Topliss-reactive ketones (excluding diaryl/α,β-unsaturated/α-hetero) is 1. The average molecular weight is 461 g/mol. The van der Waals surface area contributed by atoms with Gasteiger partial charge in [0.25, 0.3) is 0 Å². The highest BCUT2D eigenvalue weighted by Crippen LogP contribution is 2.32. The number of anilines is 1. The lowest BCUT2D eigenvalue weighted by Crippen LogP contribution is -2.18. The lowest BCUT2D eigenvalue weighted by molar-refractivity contribution is -0.116. The molecule has 0 aliphatic carbocycles. The van der Waals surface area contributed by atoms with E-state index < -0.39 is 12.6 Å². The third-order valence-corrected chi connectivity index (χ3v) is 5.25. The summed E-state index contributed by atoms with van der Waals surface area (Å²) in [7, 11) is 1.60. The van der Waals surface area contributed by atoms with Crippen LogP contribution in [0.1, 0.15) is 32.7 Å². The summed E-state index contributed by atoms with van der Waals surface area (Å²) in [5, 5.41) is 2.75. The molecular weight excluding hydrogens is 438 g/mol. The van der Waals surface area contributed by atoms with Gasteiger partial charge < -0.3 is 24.3 Å². The molecule has 4 rings (SSSR count). The molecule has 8 heteroatoms. The Bertz CT molecular complexity index is 1200. The molecule has 0 atom stereocenters. The van der Waals surface area contributed by atoms with Crippen LogP contribution in [0.3, 0.4) is 0 Å². The number of benzene rings is 3. The standard InChI is InChI=1S/C26H23NO7/c1-31-19-10-6-17(7-11-19)8-13-25(29)27-21-5-3-2-4-20(21)26(30)32-15-22(28)18-9-12-23-24(14-18)34-16-33-23/h2-7,9-12,14H,8,13,15-16H2,1H3,(H,27,29). The van der Waals surface area contributed by atoms with Crippen LogP contribution in [-0.4, -0.2) is 38.2 Å². The molecule has 3 aromatic carbocycles. The van der Waals surface area contributed by atoms with Gasteiger partial charge in [-0.1, -0.05) is 24.3 Å². The minimum Gasteiger partial charge on any atom is -0.497 e. The second-order valence-electron chi connectivity index (χ2n) is 7.51. The van der Waals surface area contributed by atoms with Gasteiger partial charge in [-0.2, -0.15) is 0 Å². The number of nitrogens with one attached hydrogen (secondary N) is 1. The molecular formula is C26H23NO7. The number of rotatable bonds is 9. The maximum atomic E-state index is 12.6. The number of fused-ring (bicyclic) bond motifs is 1. The van der Waals surface area contributed by atoms with E-state index in [9.17, 15) is 14.4 Å². The summed E-state index contributed by atoms with van der Waals surface area (Å²) in [6, 6.07) is 18.7. The highest BCUT2D eigenvalue weighted by molar-refractivity contribution is 6.03. The van der Waals surface area contributed by atoms with E-state index in [1.807, 2.05) is 24.3 Å². The van der Waals surface area contributed by atoms with Crippen molar-refractivity contribution >= 4 is 23.3 Å². The SMILES string of the molecule is COc1ccc(CCC(=O)Nc2ccccc2C(=O)OCC(=O)c2ccc3c(c2)OCO3)cc1. The molecule has 0 saturated carbocycles. The lowest BCUT2D eigenvalue weighted by Gasteiger charge is -2.11. The van der Waals surface area contributed by atoms with E-state index in [2.05, 4.69) is 5.32 Å². The molecule has 0 radical (unpaired) electrons. The molecule has 0 unspecified atom stereocenters. The smallest absolute Gasteiger partial charge is 0.340 e. The van der Waals surface area contributed by atoms with Gasteiger partial charge in [-0.3, -0.25) is 9.59 Å². The molecule has 8 nitrogen and oxygen atoms in total. The summed E-state index contributed by atoms with van der Waals surface area (Å²) in [4.78, 5) is 37.5. The Morgan fingerprint density at radius 2 is 1.71 bits per heavy atom. The molecule has 174 valence electrons. The lowest BCUT2D eigenvalue weighted by atomic mass is 10.1. The number of ether oxygens (including phenoxy) is 4. The second-order valence-corrected chi connectivity index (χ2v) is 7.51. The van der Waals surface area contributed by atoms with Crippen molar-refractivity contribution in [2.24, 2.45) is 0 Å². The van der Waals surface area contributed by atoms with Gasteiger partial charge in [-0.15, -0.1) is 0 Å². The van der Waals surface area contributed by atoms with E-state index in [0.29, 0.717) is 29.2 Å². The first-order valence-electron chi connectivity index (χ1n) is 10.7. The predicted molar refractivity (Wildman–Crippen MR) is 124 cm³/mol. The fourth-order valence-electron chi connectivity index (χ4n) is 3.40. The minimum atomic E-state index is -0.708. The van der Waals surface area contributed by atoms with E-state index in [1.54, 1.807) is 43.5 Å². The number of hydrogen-bond acceptors (Lipinski definition) is 7. The van der Waals surface area contributed by atoms with Crippen molar-refractivity contribution in [3.05, 3.63) is 83.4 Å². The maximum Gasteiger partial charge on any atom is 0.340 e. The van der Waals surface area contributed by atoms with Crippen LogP contribution in [0.4, 0.5) is 5.69 Å². The van der Waals surface area contributed by atoms with Crippen LogP contribution in [0.5, 0.6) is 17.2 Å². The summed E-state index contributed by atoms with van der Waals surface area (Å²) in [5.41, 5.74) is 1.82. The summed E-state index contributed by atoms with van der Waals surface area (Å²) < 4.78 is 20.8. The third-order valence-electron chi connectivity index (χ3n) is 5.25. The Morgan fingerprint density at radius 3 is 2.50 bits per heavy atom. The number of methoxy groups -OCH3 is 1. The molecule has 0 saturated heterocycles. The summed E-state index contributed by atoms with van der Waals surface area (Å²) >= 11 is 0. The van der Waals surface area contributed by atoms with Crippen LogP contribution in [0.25, 0.3) is 0 Å². The van der Waals surface area contributed by atoms with Crippen LogP contribution < -0.4 is 19.5 Å². The fraction of sp³-hybridized carbons (Fsp3) is 0.192. The first-order chi connectivity index (χ1) is 16.5. The van der Waals surface area contributed by atoms with Crippen LogP contribution in [0, 0.1) is 0 Å². The highest BCUT2D eigenvalue weighted by Gasteiger charge is 2.19. The van der Waals surface area contributed by atoms with Crippen molar-refractivity contribution in [3.63, 3.8) is 0 Å². The van der Waals surface area contributed by atoms with Crippen molar-refractivity contribution in [2.75, 3.05) is 25.8 Å². The molecule has 0 bridgehead atoms. The van der Waals surface area contributed by atoms with Crippen molar-refractivity contribution in [2.45, 2.75) is 12.8 Å². The van der Waals surface area contributed by atoms with Crippen molar-refractivity contribution in [1.29, 1.82) is 0 Å². The molecule has 0 fully saturated rings. The normalized spacial score (nSPS) is 11.6. The zero-order chi connectivity index (χ0) is 23.9. The second kappa shape index (κ2) is 10.5. The number of amides is 1. The Balaban J connectivity index is 1.33.